The predicted octanol–water partition coefficient (Wildman–Crippen LogP) is 16.0. The number of hydrogen-bond donors (Lipinski definition) is 0. The summed E-state index contributed by atoms with van der Waals surface area (Å²) in [5.41, 5.74) is 14.6. The highest BCUT2D eigenvalue weighted by Gasteiger charge is 2.17. The molecule has 0 atom stereocenters. The molecule has 0 N–H and O–H groups in total. The summed E-state index contributed by atoms with van der Waals surface area (Å²) in [7, 11) is 0. The lowest BCUT2D eigenvalue weighted by atomic mass is 9.95. The van der Waals surface area contributed by atoms with Crippen LogP contribution in [0.1, 0.15) is 0 Å². The first-order chi connectivity index (χ1) is 28.7. The molecule has 0 spiro atoms. The second-order valence-corrected chi connectivity index (χ2v) is 14.9. The molecule has 11 aromatic rings. The fourth-order valence-electron chi connectivity index (χ4n) is 8.58. The first-order valence-corrected chi connectivity index (χ1v) is 19.8. The molecule has 0 radical (unpaired) electrons. The maximum Gasteiger partial charge on any atom is 0.143 e. The molecule has 11 rings (SSSR count). The first kappa shape index (κ1) is 33.6. The zero-order valence-electron chi connectivity index (χ0n) is 31.7. The molecular weight excluding hydrogens is 703 g/mol. The van der Waals surface area contributed by atoms with Crippen molar-refractivity contribution in [3.8, 4) is 44.5 Å². The van der Waals surface area contributed by atoms with Crippen LogP contribution in [0.3, 0.4) is 0 Å². The van der Waals surface area contributed by atoms with E-state index in [4.69, 9.17) is 4.42 Å². The van der Waals surface area contributed by atoms with Gasteiger partial charge in [-0.2, -0.15) is 0 Å². The van der Waals surface area contributed by atoms with E-state index in [0.717, 1.165) is 61.3 Å². The second-order valence-electron chi connectivity index (χ2n) is 14.9. The number of para-hydroxylation sites is 1. The molecule has 0 saturated heterocycles. The normalized spacial score (nSPS) is 11.4. The van der Waals surface area contributed by atoms with E-state index in [1.165, 1.54) is 43.8 Å². The maximum absolute atomic E-state index is 6.48. The van der Waals surface area contributed by atoms with Gasteiger partial charge in [0.15, 0.2) is 0 Å². The van der Waals surface area contributed by atoms with Crippen LogP contribution in [0.15, 0.2) is 229 Å². The van der Waals surface area contributed by atoms with Crippen molar-refractivity contribution in [2.75, 3.05) is 4.90 Å². The summed E-state index contributed by atoms with van der Waals surface area (Å²) in [6.07, 6.45) is 0. The van der Waals surface area contributed by atoms with Crippen LogP contribution in [0.2, 0.25) is 0 Å². The van der Waals surface area contributed by atoms with Crippen LogP contribution in [0.25, 0.3) is 88.0 Å². The van der Waals surface area contributed by atoms with Gasteiger partial charge in [0.1, 0.15) is 11.2 Å². The third kappa shape index (κ3) is 5.91. The molecule has 0 fully saturated rings. The largest absolute Gasteiger partial charge is 0.455 e. The number of benzene rings is 10. The number of nitrogens with zero attached hydrogens (tertiary/aromatic N) is 1. The molecule has 0 amide bonds. The molecule has 1 heterocycles. The van der Waals surface area contributed by atoms with E-state index in [1.807, 2.05) is 6.07 Å². The van der Waals surface area contributed by atoms with Crippen molar-refractivity contribution in [2.45, 2.75) is 0 Å². The van der Waals surface area contributed by atoms with Gasteiger partial charge in [-0.3, -0.25) is 0 Å². The van der Waals surface area contributed by atoms with Crippen molar-refractivity contribution in [1.82, 2.24) is 0 Å². The van der Waals surface area contributed by atoms with Crippen LogP contribution >= 0.6 is 0 Å². The minimum Gasteiger partial charge on any atom is -0.455 e. The van der Waals surface area contributed by atoms with Crippen molar-refractivity contribution in [1.29, 1.82) is 0 Å². The molecule has 0 bridgehead atoms. The Morgan fingerprint density at radius 1 is 0.293 bits per heavy atom. The molecule has 2 heteroatoms. The van der Waals surface area contributed by atoms with E-state index in [1.54, 1.807) is 0 Å². The lowest BCUT2D eigenvalue weighted by Crippen LogP contribution is -2.10. The molecule has 0 aliphatic rings. The Balaban J connectivity index is 0.973. The van der Waals surface area contributed by atoms with E-state index in [9.17, 15) is 0 Å². The van der Waals surface area contributed by atoms with Crippen LogP contribution in [-0.4, -0.2) is 0 Å². The third-order valence-corrected chi connectivity index (χ3v) is 11.5. The fourth-order valence-corrected chi connectivity index (χ4v) is 8.58. The van der Waals surface area contributed by atoms with Gasteiger partial charge >= 0.3 is 0 Å². The molecule has 0 unspecified atom stereocenters. The Kier molecular flexibility index (Phi) is 8.19. The van der Waals surface area contributed by atoms with Crippen LogP contribution < -0.4 is 4.90 Å². The minimum atomic E-state index is 0.893. The lowest BCUT2D eigenvalue weighted by Gasteiger charge is -2.27. The molecule has 1 aromatic heterocycles. The molecule has 0 saturated carbocycles. The minimum absolute atomic E-state index is 0.893. The molecule has 0 aliphatic carbocycles. The van der Waals surface area contributed by atoms with Crippen molar-refractivity contribution in [3.63, 3.8) is 0 Å². The number of furan rings is 1. The SMILES string of the molecule is c1ccc(-c2cccc3ccc(-c4ccc(N(c5ccc(-c6ccc7oc8c(-c9ccccc9)cccc8c7c6)cc5)c5cccc6ccccc56)cc4)cc23)cc1. The van der Waals surface area contributed by atoms with Crippen LogP contribution in [-0.2, 0) is 0 Å². The van der Waals surface area contributed by atoms with Crippen molar-refractivity contribution < 1.29 is 4.42 Å². The zero-order chi connectivity index (χ0) is 38.4. The number of anilines is 3. The highest BCUT2D eigenvalue weighted by Crippen LogP contribution is 2.42. The summed E-state index contributed by atoms with van der Waals surface area (Å²) in [6.45, 7) is 0. The molecule has 58 heavy (non-hydrogen) atoms. The summed E-state index contributed by atoms with van der Waals surface area (Å²) in [4.78, 5) is 2.38. The standard InChI is InChI=1S/C56H37NO/c1-3-12-40(13-4-1)48-20-9-17-43-24-25-44(36-52(43)48)38-26-31-46(32-27-38)57(54-23-10-18-41-16-7-8-19-49(41)54)47-33-28-39(29-34-47)45-30-35-55-53(37-45)51-22-11-21-50(56(51)58-55)42-14-5-2-6-15-42/h1-37H. The van der Waals surface area contributed by atoms with Crippen molar-refractivity contribution in [2.24, 2.45) is 0 Å². The summed E-state index contributed by atoms with van der Waals surface area (Å²) in [5.74, 6) is 0. The topological polar surface area (TPSA) is 16.4 Å². The first-order valence-electron chi connectivity index (χ1n) is 19.8. The summed E-state index contributed by atoms with van der Waals surface area (Å²) in [6, 6.07) is 80.6. The quantitative estimate of drug-likeness (QED) is 0.162. The van der Waals surface area contributed by atoms with Crippen molar-refractivity contribution >= 4 is 60.5 Å². The average molecular weight is 740 g/mol. The number of rotatable bonds is 7. The molecule has 272 valence electrons. The van der Waals surface area contributed by atoms with Crippen LogP contribution in [0, 0.1) is 0 Å². The number of fused-ring (bicyclic) bond motifs is 5. The maximum atomic E-state index is 6.48. The summed E-state index contributed by atoms with van der Waals surface area (Å²) >= 11 is 0. The Bertz CT molecular complexity index is 3250. The van der Waals surface area contributed by atoms with Gasteiger partial charge in [-0.25, -0.2) is 0 Å². The Hall–Kier alpha value is -7.68. The van der Waals surface area contributed by atoms with Gasteiger partial charge in [0, 0.05) is 33.1 Å². The smallest absolute Gasteiger partial charge is 0.143 e. The highest BCUT2D eigenvalue weighted by atomic mass is 16.3. The zero-order valence-corrected chi connectivity index (χ0v) is 31.7. The monoisotopic (exact) mass is 739 g/mol. The van der Waals surface area contributed by atoms with E-state index in [0.29, 0.717) is 0 Å². The Morgan fingerprint density at radius 3 is 1.50 bits per heavy atom. The van der Waals surface area contributed by atoms with Gasteiger partial charge in [-0.05, 0) is 104 Å². The van der Waals surface area contributed by atoms with Crippen LogP contribution in [0.5, 0.6) is 0 Å². The van der Waals surface area contributed by atoms with Crippen molar-refractivity contribution in [3.05, 3.63) is 224 Å². The predicted molar refractivity (Wildman–Crippen MR) is 245 cm³/mol. The van der Waals surface area contributed by atoms with Gasteiger partial charge in [-0.15, -0.1) is 0 Å². The molecule has 2 nitrogen and oxygen atoms in total. The van der Waals surface area contributed by atoms with Gasteiger partial charge in [-0.1, -0.05) is 176 Å². The number of hydrogen-bond acceptors (Lipinski definition) is 2. The summed E-state index contributed by atoms with van der Waals surface area (Å²) in [5, 5.41) is 7.15. The molecule has 10 aromatic carbocycles. The third-order valence-electron chi connectivity index (χ3n) is 11.5. The van der Waals surface area contributed by atoms with Gasteiger partial charge in [0.05, 0.1) is 5.69 Å². The Morgan fingerprint density at radius 2 is 0.793 bits per heavy atom. The molecule has 0 aliphatic heterocycles. The van der Waals surface area contributed by atoms with E-state index >= 15 is 0 Å². The molecular formula is C56H37NO. The van der Waals surface area contributed by atoms with Gasteiger partial charge in [0.25, 0.3) is 0 Å². The van der Waals surface area contributed by atoms with Gasteiger partial charge < -0.3 is 9.32 Å². The van der Waals surface area contributed by atoms with E-state index in [2.05, 4.69) is 223 Å². The van der Waals surface area contributed by atoms with E-state index in [-0.39, 0.29) is 0 Å². The second kappa shape index (κ2) is 14.1. The lowest BCUT2D eigenvalue weighted by molar-refractivity contribution is 0.670. The van der Waals surface area contributed by atoms with Gasteiger partial charge in [0.2, 0.25) is 0 Å². The fraction of sp³-hybridized carbons (Fsp3) is 0. The highest BCUT2D eigenvalue weighted by molar-refractivity contribution is 6.10. The van der Waals surface area contributed by atoms with Crippen LogP contribution in [0.4, 0.5) is 17.1 Å². The summed E-state index contributed by atoms with van der Waals surface area (Å²) < 4.78 is 6.48. The Labute approximate surface area is 337 Å². The average Bonchev–Trinajstić information content (AvgIpc) is 3.68. The van der Waals surface area contributed by atoms with E-state index < -0.39 is 0 Å².